The van der Waals surface area contributed by atoms with Crippen molar-refractivity contribution >= 4 is 5.91 Å². The Balaban J connectivity index is 2.00. The monoisotopic (exact) mass is 277 g/mol. The molecule has 1 aromatic rings. The topological polar surface area (TPSA) is 56.7 Å². The molecule has 0 aliphatic carbocycles. The van der Waals surface area contributed by atoms with Crippen LogP contribution in [0.2, 0.25) is 0 Å². The number of piperazine rings is 1. The van der Waals surface area contributed by atoms with Crippen LogP contribution in [0.5, 0.6) is 0 Å². The van der Waals surface area contributed by atoms with Crippen molar-refractivity contribution < 1.29 is 9.90 Å². The highest BCUT2D eigenvalue weighted by Gasteiger charge is 2.22. The maximum absolute atomic E-state index is 12.5. The second-order valence-electron chi connectivity index (χ2n) is 5.52. The maximum Gasteiger partial charge on any atom is 0.255 e. The van der Waals surface area contributed by atoms with E-state index in [1.807, 2.05) is 17.2 Å². The van der Waals surface area contributed by atoms with Gasteiger partial charge in [-0.2, -0.15) is 0 Å². The number of aliphatic hydroxyl groups excluding tert-OH is 1. The number of pyridine rings is 1. The molecule has 0 spiro atoms. The van der Waals surface area contributed by atoms with E-state index in [1.54, 1.807) is 6.20 Å². The van der Waals surface area contributed by atoms with Gasteiger partial charge in [-0.25, -0.2) is 0 Å². The van der Waals surface area contributed by atoms with Crippen LogP contribution in [0.15, 0.2) is 18.5 Å². The summed E-state index contributed by atoms with van der Waals surface area (Å²) in [6.45, 7) is 8.13. The molecule has 0 saturated carbocycles. The van der Waals surface area contributed by atoms with E-state index in [0.717, 1.165) is 18.7 Å². The molecule has 20 heavy (non-hydrogen) atoms. The van der Waals surface area contributed by atoms with E-state index in [4.69, 9.17) is 5.11 Å². The fourth-order valence-corrected chi connectivity index (χ4v) is 2.39. The van der Waals surface area contributed by atoms with Crippen molar-refractivity contribution in [1.29, 1.82) is 0 Å². The molecule has 5 nitrogen and oxygen atoms in total. The summed E-state index contributed by atoms with van der Waals surface area (Å²) >= 11 is 0. The molecule has 1 fully saturated rings. The Labute approximate surface area is 120 Å². The molecule has 110 valence electrons. The smallest absolute Gasteiger partial charge is 0.255 e. The maximum atomic E-state index is 12.5. The molecule has 0 aromatic carbocycles. The molecule has 1 aromatic heterocycles. The van der Waals surface area contributed by atoms with Gasteiger partial charge < -0.3 is 10.0 Å². The fraction of sp³-hybridized carbons (Fsp3) is 0.600. The van der Waals surface area contributed by atoms with Crippen molar-refractivity contribution in [2.45, 2.75) is 19.8 Å². The third kappa shape index (κ3) is 3.55. The van der Waals surface area contributed by atoms with Crippen molar-refractivity contribution in [1.82, 2.24) is 14.8 Å². The predicted octanol–water partition coefficient (Wildman–Crippen LogP) is 0.955. The molecule has 5 heteroatoms. The molecule has 0 radical (unpaired) electrons. The lowest BCUT2D eigenvalue weighted by atomic mass is 10.0. The third-order valence-electron chi connectivity index (χ3n) is 3.75. The number of aromatic nitrogens is 1. The highest BCUT2D eigenvalue weighted by molar-refractivity contribution is 5.94. The summed E-state index contributed by atoms with van der Waals surface area (Å²) < 4.78 is 0. The second-order valence-corrected chi connectivity index (χ2v) is 5.52. The van der Waals surface area contributed by atoms with Gasteiger partial charge in [-0.05, 0) is 17.5 Å². The van der Waals surface area contributed by atoms with Gasteiger partial charge in [0.1, 0.15) is 0 Å². The minimum absolute atomic E-state index is 0.0589. The highest BCUT2D eigenvalue weighted by atomic mass is 16.3. The summed E-state index contributed by atoms with van der Waals surface area (Å²) in [6, 6.07) is 1.94. The summed E-state index contributed by atoms with van der Waals surface area (Å²) in [6.07, 6.45) is 3.47. The van der Waals surface area contributed by atoms with Crippen LogP contribution in [-0.4, -0.2) is 65.1 Å². The molecule has 1 aliphatic rings. The van der Waals surface area contributed by atoms with Gasteiger partial charge in [0.25, 0.3) is 5.91 Å². The van der Waals surface area contributed by atoms with Gasteiger partial charge >= 0.3 is 0 Å². The van der Waals surface area contributed by atoms with Gasteiger partial charge in [0.05, 0.1) is 12.2 Å². The normalized spacial score (nSPS) is 16.7. The van der Waals surface area contributed by atoms with E-state index >= 15 is 0 Å². The molecule has 1 N–H and O–H groups in total. The quantitative estimate of drug-likeness (QED) is 0.890. The largest absolute Gasteiger partial charge is 0.395 e. The van der Waals surface area contributed by atoms with Crippen LogP contribution >= 0.6 is 0 Å². The lowest BCUT2D eigenvalue weighted by Gasteiger charge is -2.34. The van der Waals surface area contributed by atoms with E-state index < -0.39 is 0 Å². The fourth-order valence-electron chi connectivity index (χ4n) is 2.39. The van der Waals surface area contributed by atoms with Crippen LogP contribution in [0.25, 0.3) is 0 Å². The van der Waals surface area contributed by atoms with Gasteiger partial charge in [0.15, 0.2) is 0 Å². The van der Waals surface area contributed by atoms with Crippen molar-refractivity contribution in [3.63, 3.8) is 0 Å². The highest BCUT2D eigenvalue weighted by Crippen LogP contribution is 2.16. The number of rotatable bonds is 4. The number of carbonyl (C=O) groups excluding carboxylic acids is 1. The average Bonchev–Trinajstić information content (AvgIpc) is 2.48. The van der Waals surface area contributed by atoms with E-state index in [0.29, 0.717) is 31.1 Å². The first-order valence-corrected chi connectivity index (χ1v) is 7.19. The molecule has 1 aliphatic heterocycles. The number of β-amino-alcohol motifs (C(OH)–C–C–N with tert-alkyl or cyclic N) is 1. The summed E-state index contributed by atoms with van der Waals surface area (Å²) in [4.78, 5) is 20.7. The van der Waals surface area contributed by atoms with Gasteiger partial charge in [-0.1, -0.05) is 13.8 Å². The molecule has 0 bridgehead atoms. The molecule has 1 amide bonds. The average molecular weight is 277 g/mol. The summed E-state index contributed by atoms with van der Waals surface area (Å²) in [7, 11) is 0. The first-order chi connectivity index (χ1) is 9.61. The zero-order valence-corrected chi connectivity index (χ0v) is 12.2. The minimum atomic E-state index is 0.0589. The van der Waals surface area contributed by atoms with Crippen LogP contribution in [0, 0.1) is 0 Å². The number of hydrogen-bond donors (Lipinski definition) is 1. The molecule has 2 rings (SSSR count). The van der Waals surface area contributed by atoms with E-state index in [-0.39, 0.29) is 12.5 Å². The lowest BCUT2D eigenvalue weighted by Crippen LogP contribution is -2.49. The molecular weight excluding hydrogens is 254 g/mol. The zero-order valence-electron chi connectivity index (χ0n) is 12.2. The van der Waals surface area contributed by atoms with Crippen molar-refractivity contribution in [3.05, 3.63) is 29.6 Å². The Hall–Kier alpha value is -1.46. The van der Waals surface area contributed by atoms with Crippen LogP contribution in [0.3, 0.4) is 0 Å². The molecule has 0 unspecified atom stereocenters. The van der Waals surface area contributed by atoms with Crippen molar-refractivity contribution in [2.24, 2.45) is 0 Å². The lowest BCUT2D eigenvalue weighted by molar-refractivity contribution is 0.0614. The first kappa shape index (κ1) is 14.9. The van der Waals surface area contributed by atoms with Gasteiger partial charge in [0, 0.05) is 45.1 Å². The van der Waals surface area contributed by atoms with Crippen LogP contribution in [-0.2, 0) is 0 Å². The Morgan fingerprint density at radius 2 is 2.00 bits per heavy atom. The SMILES string of the molecule is CC(C)c1cncc(C(=O)N2CCN(CCO)CC2)c1. The molecule has 2 heterocycles. The van der Waals surface area contributed by atoms with Crippen molar-refractivity contribution in [3.8, 4) is 0 Å². The minimum Gasteiger partial charge on any atom is -0.395 e. The number of amides is 1. The zero-order chi connectivity index (χ0) is 14.5. The Bertz CT molecular complexity index is 454. The Morgan fingerprint density at radius 3 is 2.60 bits per heavy atom. The molecule has 1 saturated heterocycles. The van der Waals surface area contributed by atoms with Crippen molar-refractivity contribution in [2.75, 3.05) is 39.3 Å². The Morgan fingerprint density at radius 1 is 1.30 bits per heavy atom. The number of aliphatic hydroxyl groups is 1. The van der Waals surface area contributed by atoms with E-state index in [9.17, 15) is 4.79 Å². The predicted molar refractivity (Wildman–Crippen MR) is 77.8 cm³/mol. The summed E-state index contributed by atoms with van der Waals surface area (Å²) in [5, 5.41) is 8.92. The van der Waals surface area contributed by atoms with Crippen LogP contribution < -0.4 is 0 Å². The van der Waals surface area contributed by atoms with Gasteiger partial charge in [-0.15, -0.1) is 0 Å². The number of nitrogens with zero attached hydrogens (tertiary/aromatic N) is 3. The van der Waals surface area contributed by atoms with Gasteiger partial charge in [-0.3, -0.25) is 14.7 Å². The van der Waals surface area contributed by atoms with Gasteiger partial charge in [0.2, 0.25) is 0 Å². The third-order valence-corrected chi connectivity index (χ3v) is 3.75. The van der Waals surface area contributed by atoms with E-state index in [2.05, 4.69) is 23.7 Å². The molecule has 0 atom stereocenters. The van der Waals surface area contributed by atoms with Crippen LogP contribution in [0.1, 0.15) is 35.7 Å². The summed E-state index contributed by atoms with van der Waals surface area (Å²) in [5.74, 6) is 0.431. The number of hydrogen-bond acceptors (Lipinski definition) is 4. The first-order valence-electron chi connectivity index (χ1n) is 7.19. The number of carbonyl (C=O) groups is 1. The van der Waals surface area contributed by atoms with Crippen LogP contribution in [0.4, 0.5) is 0 Å². The second kappa shape index (κ2) is 6.81. The standard InChI is InChI=1S/C15H23N3O2/c1-12(2)13-9-14(11-16-10-13)15(20)18-5-3-17(4-6-18)7-8-19/h9-12,19H,3-8H2,1-2H3. The summed E-state index contributed by atoms with van der Waals surface area (Å²) in [5.41, 5.74) is 1.77. The Kier molecular flexibility index (Phi) is 5.09. The molecular formula is C15H23N3O2. The van der Waals surface area contributed by atoms with E-state index in [1.165, 1.54) is 0 Å².